The summed E-state index contributed by atoms with van der Waals surface area (Å²) in [6, 6.07) is 45.7. The molecule has 3 aliphatic rings. The van der Waals surface area contributed by atoms with Crippen molar-refractivity contribution in [3.63, 3.8) is 0 Å². The van der Waals surface area contributed by atoms with Crippen LogP contribution in [0.2, 0.25) is 0 Å². The van der Waals surface area contributed by atoms with Crippen molar-refractivity contribution in [2.45, 2.75) is 95.0 Å². The molecule has 7 N–H and O–H groups in total. The number of aromatic nitrogens is 5. The molecule has 30 heteroatoms. The molecule has 524 valence electrons. The molecule has 24 nitrogen and oxygen atoms in total. The van der Waals surface area contributed by atoms with E-state index in [1.165, 1.54) is 54.9 Å². The number of nitrogens with zero attached hydrogens (tertiary/aromatic N) is 8. The fourth-order valence-corrected chi connectivity index (χ4v) is 13.3. The van der Waals surface area contributed by atoms with Crippen molar-refractivity contribution >= 4 is 143 Å². The number of halogens is 3. The van der Waals surface area contributed by atoms with Gasteiger partial charge in [0.2, 0.25) is 0 Å². The van der Waals surface area contributed by atoms with Crippen LogP contribution in [-0.4, -0.2) is 172 Å². The zero-order chi connectivity index (χ0) is 71.1. The number of carbonyl (C=O) groups is 5. The summed E-state index contributed by atoms with van der Waals surface area (Å²) in [4.78, 5) is 84.8. The minimum absolute atomic E-state index is 0. The van der Waals surface area contributed by atoms with Gasteiger partial charge in [-0.25, -0.2) is 31.4 Å². The summed E-state index contributed by atoms with van der Waals surface area (Å²) in [5.41, 5.74) is 2.89. The second-order valence-electron chi connectivity index (χ2n) is 22.9. The molecule has 8 heterocycles. The molecular weight excluding hydrogens is 1680 g/mol. The van der Waals surface area contributed by atoms with Gasteiger partial charge in [0.05, 0.1) is 16.6 Å². The molecule has 3 amide bonds. The van der Waals surface area contributed by atoms with Crippen molar-refractivity contribution in [1.29, 1.82) is 0 Å². The Morgan fingerprint density at radius 1 is 0.444 bits per heavy atom. The molecule has 0 bridgehead atoms. The van der Waals surface area contributed by atoms with Crippen molar-refractivity contribution in [1.82, 2.24) is 55.6 Å². The zero-order valence-electron chi connectivity index (χ0n) is 54.2. The molecule has 6 unspecified atom stereocenters. The third kappa shape index (κ3) is 24.5. The molecule has 9 aromatic rings. The van der Waals surface area contributed by atoms with Crippen molar-refractivity contribution in [2.75, 3.05) is 48.7 Å². The van der Waals surface area contributed by atoms with E-state index in [-0.39, 0.29) is 68.9 Å². The van der Waals surface area contributed by atoms with Gasteiger partial charge < -0.3 is 40.9 Å². The SMILES string of the molecule is C.CC1CN(C(=O)c2ccccn2)CC(C)N1.CC1CN(C(=O)c2ccccn2)CC(C)N1C(=O)c1ccc(NS(=O)(=O)c2cccc3cccnc23)cc1.CC1CNCC(C)N1.O=C(O)c1ccc(NS(=O)(=O)c2cccc3cccnc23)cc1.O=C(O)c1ccccn1.[I][V]([I])[I]. The van der Waals surface area contributed by atoms with Gasteiger partial charge in [-0.05, 0) is 151 Å². The molecule has 6 atom stereocenters. The first-order valence-electron chi connectivity index (χ1n) is 30.8. The quantitative estimate of drug-likeness (QED) is 0.0592. The van der Waals surface area contributed by atoms with Crippen LogP contribution >= 0.6 is 59.9 Å². The average Bonchev–Trinajstić information content (AvgIpc) is 0.798. The molecule has 0 radical (unpaired) electrons. The number of nitrogens with one attached hydrogen (secondary N) is 5. The zero-order valence-corrected chi connectivity index (χ0v) is 63.7. The van der Waals surface area contributed by atoms with Crippen LogP contribution < -0.4 is 25.4 Å². The van der Waals surface area contributed by atoms with Crippen LogP contribution in [0, 0.1) is 0 Å². The van der Waals surface area contributed by atoms with E-state index in [0.717, 1.165) is 37.0 Å². The Hall–Kier alpha value is -7.35. The third-order valence-electron chi connectivity index (χ3n) is 14.9. The van der Waals surface area contributed by atoms with E-state index in [9.17, 15) is 40.8 Å². The summed E-state index contributed by atoms with van der Waals surface area (Å²) in [7, 11) is -7.73. The molecule has 5 aromatic heterocycles. The summed E-state index contributed by atoms with van der Waals surface area (Å²) >= 11 is 7.39. The summed E-state index contributed by atoms with van der Waals surface area (Å²) in [5, 5.41) is 28.8. The van der Waals surface area contributed by atoms with E-state index < -0.39 is 32.0 Å². The molecule has 99 heavy (non-hydrogen) atoms. The number of fused-ring (bicyclic) bond motifs is 2. The molecule has 3 saturated heterocycles. The molecule has 0 aliphatic carbocycles. The van der Waals surface area contributed by atoms with Gasteiger partial charge in [0, 0.05) is 134 Å². The number of para-hydroxylation sites is 2. The van der Waals surface area contributed by atoms with Crippen LogP contribution in [-0.2, 0) is 25.0 Å². The van der Waals surface area contributed by atoms with Crippen molar-refractivity contribution in [3.8, 4) is 0 Å². The number of pyridine rings is 5. The third-order valence-corrected chi connectivity index (χ3v) is 17.8. The average molecular weight is 1760 g/mol. The van der Waals surface area contributed by atoms with Crippen molar-refractivity contribution < 1.29 is 55.9 Å². The van der Waals surface area contributed by atoms with Crippen molar-refractivity contribution in [3.05, 3.63) is 223 Å². The predicted octanol–water partition coefficient (Wildman–Crippen LogP) is 11.5. The Bertz CT molecular complexity index is 4320. The number of hydrogen-bond donors (Lipinski definition) is 7. The number of carbonyl (C=O) groups excluding carboxylic acids is 3. The molecule has 12 rings (SSSR count). The van der Waals surface area contributed by atoms with E-state index in [1.54, 1.807) is 138 Å². The summed E-state index contributed by atoms with van der Waals surface area (Å²) in [6.45, 7) is 16.9. The monoisotopic (exact) mass is 1760 g/mol. The van der Waals surface area contributed by atoms with Crippen LogP contribution in [0.4, 0.5) is 11.4 Å². The summed E-state index contributed by atoms with van der Waals surface area (Å²) < 4.78 is 56.3. The van der Waals surface area contributed by atoms with Gasteiger partial charge in [0.1, 0.15) is 26.9 Å². The Labute approximate surface area is 615 Å². The number of hydrogen-bond acceptors (Lipinski definition) is 17. The van der Waals surface area contributed by atoms with Crippen molar-refractivity contribution in [2.24, 2.45) is 0 Å². The summed E-state index contributed by atoms with van der Waals surface area (Å²) in [6.07, 6.45) is 7.77. The van der Waals surface area contributed by atoms with Crippen LogP contribution in [0.15, 0.2) is 205 Å². The van der Waals surface area contributed by atoms with Crippen LogP contribution in [0.5, 0.6) is 0 Å². The van der Waals surface area contributed by atoms with Gasteiger partial charge >= 0.3 is 76.8 Å². The van der Waals surface area contributed by atoms with Crippen LogP contribution in [0.1, 0.15) is 101 Å². The van der Waals surface area contributed by atoms with E-state index in [4.69, 9.17) is 10.2 Å². The number of rotatable bonds is 11. The van der Waals surface area contributed by atoms with Gasteiger partial charge in [0.25, 0.3) is 37.8 Å². The van der Waals surface area contributed by atoms with E-state index in [0.29, 0.717) is 70.9 Å². The first kappa shape index (κ1) is 80.6. The number of amides is 3. The fraction of sp³-hybridized carbons (Fsp3) is 0.275. The van der Waals surface area contributed by atoms with Crippen LogP contribution in [0.3, 0.4) is 0 Å². The predicted molar refractivity (Wildman–Crippen MR) is 407 cm³/mol. The van der Waals surface area contributed by atoms with E-state index in [1.807, 2.05) is 30.9 Å². The topological polar surface area (TPSA) is 328 Å². The number of anilines is 2. The van der Waals surface area contributed by atoms with E-state index >= 15 is 0 Å². The Morgan fingerprint density at radius 3 is 1.16 bits per heavy atom. The maximum atomic E-state index is 13.4. The second kappa shape index (κ2) is 39.0. The number of aromatic carboxylic acids is 2. The Balaban J connectivity index is 0.000000214. The van der Waals surface area contributed by atoms with Gasteiger partial charge in [-0.15, -0.1) is 0 Å². The number of piperazine rings is 3. The van der Waals surface area contributed by atoms with E-state index in [2.05, 4.69) is 138 Å². The first-order chi connectivity index (χ1) is 46.7. The Kier molecular flexibility index (Phi) is 31.8. The Morgan fingerprint density at radius 2 is 0.808 bits per heavy atom. The molecule has 3 fully saturated rings. The van der Waals surface area contributed by atoms with Gasteiger partial charge in [0.15, 0.2) is 0 Å². The first-order valence-corrected chi connectivity index (χ1v) is 47.2. The normalized spacial score (nSPS) is 18.0. The van der Waals surface area contributed by atoms with Gasteiger partial charge in [-0.1, -0.05) is 62.0 Å². The van der Waals surface area contributed by atoms with Crippen LogP contribution in [0.25, 0.3) is 21.8 Å². The second-order valence-corrected chi connectivity index (χ2v) is 61.6. The molecule has 0 saturated carbocycles. The molecule has 3 aliphatic heterocycles. The number of carboxylic acid groups (broad SMARTS) is 2. The summed E-state index contributed by atoms with van der Waals surface area (Å²) in [5.74, 6) is -2.37. The maximum absolute atomic E-state index is 13.4. The molecule has 4 aromatic carbocycles. The standard InChI is InChI=1S/C28H27N5O4S.C16H12N2O4S.C12H17N3O.C6H14N2.C6H5NO2.CH4.3HI.V/c1-19-17-32(28(35)24-9-3-4-15-29-24)18-20(2)33(19)27(34)22-11-13-23(14-12-22)31-38(36,37)25-10-5-7-21-8-6-16-30-26(21)25;19-16(20)12-6-8-13(9-7-12)18-23(21,22)14-5-1-3-11-4-2-10-17-15(11)14;1-9-7-15(8-10(2)14-9)12(16)11-5-3-4-6-13-11;1-5-3-7-4-6(2)8-5;8-6(9)5-3-1-2-4-7-5;;;;;/h3-16,19-20,31H,17-18H2,1-2H3;1-10,18H,(H,19,20);3-6,9-10,14H,7-8H2,1-2H3;5-8H,3-4H2,1-2H3;1-4H,(H,8,9);1H4;3*1H;/q;;;;;;;;;+3/p-3. The molecular formula is C69H79I3N13O11S2V. The van der Waals surface area contributed by atoms with Gasteiger partial charge in [-0.3, -0.25) is 43.8 Å². The number of carboxylic acids is 2. The van der Waals surface area contributed by atoms with Gasteiger partial charge in [-0.2, -0.15) is 0 Å². The number of sulfonamides is 2. The number of benzene rings is 4. The molecule has 0 spiro atoms. The fourth-order valence-electron chi connectivity index (χ4n) is 10.8. The minimum atomic E-state index is -3.90.